The van der Waals surface area contributed by atoms with Crippen LogP contribution in [0.15, 0.2) is 4.99 Å². The van der Waals surface area contributed by atoms with Crippen molar-refractivity contribution >= 4 is 48.4 Å². The zero-order valence-electron chi connectivity index (χ0n) is 35.3. The van der Waals surface area contributed by atoms with Gasteiger partial charge in [0.2, 0.25) is 11.9 Å². The predicted octanol–water partition coefficient (Wildman–Crippen LogP) is 7.41. The number of imide groups is 3. The minimum atomic E-state index is -1.33. The first kappa shape index (κ1) is 49.4. The quantitative estimate of drug-likeness (QED) is 0.153. The molecule has 0 bridgehead atoms. The van der Waals surface area contributed by atoms with Gasteiger partial charge in [0, 0.05) is 19.0 Å². The van der Waals surface area contributed by atoms with Gasteiger partial charge in [-0.25, -0.2) is 33.7 Å². The Balaban J connectivity index is 7.19. The van der Waals surface area contributed by atoms with Gasteiger partial charge in [-0.05, 0) is 131 Å². The smallest absolute Gasteiger partial charge is 0.437 e. The summed E-state index contributed by atoms with van der Waals surface area (Å²) in [5.41, 5.74) is -6.34. The number of carbonyl (C=O) groups is 7. The molecule has 0 spiro atoms. The lowest BCUT2D eigenvalue weighted by molar-refractivity contribution is -0.130. The number of nitrogens with one attached hydrogen (secondary N) is 2. The third kappa shape index (κ3) is 23.1. The summed E-state index contributed by atoms with van der Waals surface area (Å²) in [7, 11) is 0. The normalized spacial score (nSPS) is 13.4. The number of ether oxygens (including phenoxy) is 6. The Morgan fingerprint density at radius 2 is 0.889 bits per heavy atom. The van der Waals surface area contributed by atoms with Gasteiger partial charge in [0.1, 0.15) is 33.6 Å². The fourth-order valence-corrected chi connectivity index (χ4v) is 3.70. The summed E-state index contributed by atoms with van der Waals surface area (Å²) in [6.07, 6.45) is -8.12. The van der Waals surface area contributed by atoms with E-state index < -0.39 is 101 Å². The molecule has 0 fully saturated rings. The highest BCUT2D eigenvalue weighted by Crippen LogP contribution is 2.19. The van der Waals surface area contributed by atoms with Crippen molar-refractivity contribution in [2.24, 2.45) is 4.99 Å². The molecule has 0 saturated carbocycles. The molecule has 1 atom stereocenters. The highest BCUT2D eigenvalue weighted by atomic mass is 16.6. The van der Waals surface area contributed by atoms with Gasteiger partial charge in [0.15, 0.2) is 0 Å². The minimum Gasteiger partial charge on any atom is -0.444 e. The van der Waals surface area contributed by atoms with Crippen LogP contribution in [0.2, 0.25) is 0 Å². The first-order chi connectivity index (χ1) is 23.9. The number of nitrogens with zero attached hydrogens (tertiary/aromatic N) is 3. The molecule has 18 heteroatoms. The first-order valence-electron chi connectivity index (χ1n) is 17.5. The van der Waals surface area contributed by atoms with E-state index in [1.807, 2.05) is 0 Å². The van der Waals surface area contributed by atoms with Crippen molar-refractivity contribution < 1.29 is 62.0 Å². The van der Waals surface area contributed by atoms with Crippen LogP contribution in [0.4, 0.5) is 28.8 Å². The average Bonchev–Trinajstić information content (AvgIpc) is 2.81. The number of hydrogen-bond acceptors (Lipinski definition) is 13. The third-order valence-corrected chi connectivity index (χ3v) is 5.32. The molecule has 0 unspecified atom stereocenters. The summed E-state index contributed by atoms with van der Waals surface area (Å²) < 4.78 is 32.2. The van der Waals surface area contributed by atoms with Crippen LogP contribution in [0.3, 0.4) is 0 Å². The van der Waals surface area contributed by atoms with Crippen molar-refractivity contribution in [1.29, 1.82) is 0 Å². The van der Waals surface area contributed by atoms with Gasteiger partial charge in [-0.1, -0.05) is 0 Å². The van der Waals surface area contributed by atoms with E-state index in [1.165, 1.54) is 41.5 Å². The van der Waals surface area contributed by atoms with E-state index in [0.717, 1.165) is 4.90 Å². The summed E-state index contributed by atoms with van der Waals surface area (Å²) in [6, 6.07) is -1.28. The number of guanidine groups is 1. The molecule has 54 heavy (non-hydrogen) atoms. The molecular weight excluding hydrogens is 710 g/mol. The first-order valence-corrected chi connectivity index (χ1v) is 17.5. The van der Waals surface area contributed by atoms with Gasteiger partial charge < -0.3 is 33.7 Å². The van der Waals surface area contributed by atoms with E-state index >= 15 is 0 Å². The van der Waals surface area contributed by atoms with E-state index in [1.54, 1.807) is 83.1 Å². The molecule has 0 aromatic rings. The second-order valence-electron chi connectivity index (χ2n) is 18.2. The van der Waals surface area contributed by atoms with Crippen molar-refractivity contribution in [3.05, 3.63) is 0 Å². The lowest BCUT2D eigenvalue weighted by atomic mass is 10.1. The number of rotatable bonds is 6. The number of hydrogen-bond donors (Lipinski definition) is 2. The van der Waals surface area contributed by atoms with Crippen LogP contribution in [0, 0.1) is 0 Å². The Bertz CT molecular complexity index is 1370. The molecule has 0 rings (SSSR count). The van der Waals surface area contributed by atoms with E-state index in [2.05, 4.69) is 15.6 Å². The molecule has 310 valence electrons. The van der Waals surface area contributed by atoms with Crippen molar-refractivity contribution in [3.63, 3.8) is 0 Å². The van der Waals surface area contributed by atoms with Crippen LogP contribution in [-0.4, -0.2) is 104 Å². The maximum Gasteiger partial charge on any atom is 0.437 e. The van der Waals surface area contributed by atoms with Crippen LogP contribution in [-0.2, 0) is 33.2 Å². The fraction of sp³-hybridized carbons (Fsp3) is 0.778. The van der Waals surface area contributed by atoms with E-state index in [-0.39, 0.29) is 11.3 Å². The molecular formula is C36H63N5O13. The third-order valence-electron chi connectivity index (χ3n) is 5.32. The topological polar surface area (TPSA) is 218 Å². The summed E-state index contributed by atoms with van der Waals surface area (Å²) in [6.45, 7) is 27.7. The molecule has 0 heterocycles. The van der Waals surface area contributed by atoms with Crippen molar-refractivity contribution in [2.45, 2.75) is 177 Å². The Hall–Kier alpha value is -4.64. The van der Waals surface area contributed by atoms with Gasteiger partial charge in [0.05, 0.1) is 0 Å². The van der Waals surface area contributed by atoms with E-state index in [4.69, 9.17) is 28.4 Å². The molecule has 7 amide bonds. The van der Waals surface area contributed by atoms with Gasteiger partial charge in [-0.3, -0.25) is 10.1 Å². The summed E-state index contributed by atoms with van der Waals surface area (Å²) in [4.78, 5) is 97.5. The Labute approximate surface area is 319 Å². The minimum absolute atomic E-state index is 0.172. The number of carbonyl (C=O) groups excluding carboxylic acids is 7. The molecule has 18 nitrogen and oxygen atoms in total. The molecule has 0 aliphatic carbocycles. The van der Waals surface area contributed by atoms with Gasteiger partial charge in [-0.15, -0.1) is 9.89 Å². The highest BCUT2D eigenvalue weighted by Gasteiger charge is 2.38. The average molecular weight is 774 g/mol. The van der Waals surface area contributed by atoms with Crippen LogP contribution in [0.5, 0.6) is 0 Å². The number of aliphatic imine (C=N–C) groups is 1. The number of alkyl carbamates (subject to hydrolysis) is 2. The van der Waals surface area contributed by atoms with Gasteiger partial charge in [0.25, 0.3) is 0 Å². The maximum atomic E-state index is 13.8. The monoisotopic (exact) mass is 773 g/mol. The molecule has 0 aliphatic rings. The highest BCUT2D eigenvalue weighted by molar-refractivity contribution is 6.07. The maximum absolute atomic E-state index is 13.8. The van der Waals surface area contributed by atoms with Gasteiger partial charge >= 0.3 is 36.6 Å². The molecule has 2 N–H and O–H groups in total. The molecule has 0 radical (unpaired) electrons. The van der Waals surface area contributed by atoms with Crippen molar-refractivity contribution in [2.75, 3.05) is 6.54 Å². The Kier molecular flexibility index (Phi) is 17.0. The SMILES string of the molecule is CC(C)(C)OC(=O)/N=C(\NC(=O)OC(C)(C)C)N(CC[C@@H](CC(=O)N(C(=O)OC(C)(C)C)C(=O)OC(C)(C)C)NC(=O)OC(C)(C)C)C(=O)OC(C)(C)C. The van der Waals surface area contributed by atoms with Crippen molar-refractivity contribution in [1.82, 2.24) is 20.4 Å². The second-order valence-corrected chi connectivity index (χ2v) is 18.2. The Morgan fingerprint density at radius 3 is 1.28 bits per heavy atom. The standard InChI is InChI=1S/C36H63N5O13/c1-31(2,3)49-25(43)37-22(21-23(42)41(29(47)53-35(13,14)15)30(48)54-36(16,17)18)19-20-40(28(46)52-34(10,11)12)24(38-26(44)50-32(4,5)6)39-27(45)51-33(7,8)9/h22H,19-21H2,1-18H3,(H,37,43)(H,38,39,44,45)/t22-/m0/s1. The zero-order valence-corrected chi connectivity index (χ0v) is 35.3. The van der Waals surface area contributed by atoms with Crippen LogP contribution < -0.4 is 10.6 Å². The van der Waals surface area contributed by atoms with Crippen LogP contribution >= 0.6 is 0 Å². The van der Waals surface area contributed by atoms with Crippen LogP contribution in [0.1, 0.15) is 137 Å². The summed E-state index contributed by atoms with van der Waals surface area (Å²) >= 11 is 0. The summed E-state index contributed by atoms with van der Waals surface area (Å²) in [5.74, 6) is -1.81. The second kappa shape index (κ2) is 18.6. The molecule has 0 saturated heterocycles. The molecule has 0 aromatic carbocycles. The summed E-state index contributed by atoms with van der Waals surface area (Å²) in [5, 5.41) is 4.81. The van der Waals surface area contributed by atoms with Crippen molar-refractivity contribution in [3.8, 4) is 0 Å². The van der Waals surface area contributed by atoms with E-state index in [9.17, 15) is 33.6 Å². The molecule has 0 aromatic heterocycles. The fourth-order valence-electron chi connectivity index (χ4n) is 3.70. The molecule has 0 aliphatic heterocycles. The lowest BCUT2D eigenvalue weighted by Crippen LogP contribution is -2.52. The van der Waals surface area contributed by atoms with E-state index in [0.29, 0.717) is 0 Å². The largest absolute Gasteiger partial charge is 0.444 e. The van der Waals surface area contributed by atoms with Crippen LogP contribution in [0.25, 0.3) is 0 Å². The Morgan fingerprint density at radius 1 is 0.519 bits per heavy atom. The lowest BCUT2D eigenvalue weighted by Gasteiger charge is -2.31. The number of amides is 7. The van der Waals surface area contributed by atoms with Gasteiger partial charge in [-0.2, -0.15) is 0 Å². The zero-order chi connectivity index (χ0) is 42.8. The predicted molar refractivity (Wildman–Crippen MR) is 198 cm³/mol.